The van der Waals surface area contributed by atoms with Crippen LogP contribution in [0.3, 0.4) is 0 Å². The minimum atomic E-state index is 0.287. The minimum Gasteiger partial charge on any atom is -0.376 e. The van der Waals surface area contributed by atoms with Gasteiger partial charge in [-0.25, -0.2) is 4.98 Å². The third-order valence-electron chi connectivity index (χ3n) is 3.42. The van der Waals surface area contributed by atoms with Crippen LogP contribution in [-0.2, 0) is 11.3 Å². The molecular formula is C13H17N3O. The maximum absolute atomic E-state index is 6.00. The Hall–Kier alpha value is -1.55. The van der Waals surface area contributed by atoms with Gasteiger partial charge in [0.25, 0.3) is 0 Å². The first-order chi connectivity index (χ1) is 8.25. The highest BCUT2D eigenvalue weighted by Gasteiger charge is 2.19. The molecule has 1 aliphatic heterocycles. The third kappa shape index (κ3) is 1.78. The van der Waals surface area contributed by atoms with Crippen LogP contribution in [0.25, 0.3) is 11.0 Å². The van der Waals surface area contributed by atoms with Crippen LogP contribution >= 0.6 is 0 Å². The predicted octanol–water partition coefficient (Wildman–Crippen LogP) is 2.11. The quantitative estimate of drug-likeness (QED) is 0.861. The number of nitrogen functional groups attached to an aromatic ring is 1. The Kier molecular flexibility index (Phi) is 2.52. The second-order valence-corrected chi connectivity index (χ2v) is 4.66. The summed E-state index contributed by atoms with van der Waals surface area (Å²) < 4.78 is 7.72. The average Bonchev–Trinajstić information content (AvgIpc) is 2.91. The van der Waals surface area contributed by atoms with Crippen molar-refractivity contribution in [1.29, 1.82) is 0 Å². The van der Waals surface area contributed by atoms with Crippen LogP contribution in [-0.4, -0.2) is 22.3 Å². The van der Waals surface area contributed by atoms with Crippen molar-refractivity contribution in [3.8, 4) is 0 Å². The van der Waals surface area contributed by atoms with Gasteiger partial charge in [-0.2, -0.15) is 0 Å². The average molecular weight is 231 g/mol. The van der Waals surface area contributed by atoms with Crippen LogP contribution in [0, 0.1) is 6.92 Å². The number of nitrogens with zero attached hydrogens (tertiary/aromatic N) is 2. The first-order valence-electron chi connectivity index (χ1n) is 6.08. The molecule has 1 aromatic heterocycles. The van der Waals surface area contributed by atoms with Gasteiger partial charge in [0.1, 0.15) is 0 Å². The third-order valence-corrected chi connectivity index (χ3v) is 3.42. The summed E-state index contributed by atoms with van der Waals surface area (Å²) in [6, 6.07) is 6.18. The first-order valence-corrected chi connectivity index (χ1v) is 6.08. The summed E-state index contributed by atoms with van der Waals surface area (Å²) in [7, 11) is 0. The van der Waals surface area contributed by atoms with Crippen LogP contribution in [0.4, 0.5) is 5.95 Å². The summed E-state index contributed by atoms with van der Waals surface area (Å²) in [6.07, 6.45) is 2.55. The Labute approximate surface area is 100 Å². The standard InChI is InChI=1S/C13H17N3O/c1-9-4-2-6-11-12(9)15-13(14)16(11)8-10-5-3-7-17-10/h2,4,6,10H,3,5,7-8H2,1H3,(H2,14,15). The number of hydrogen-bond acceptors (Lipinski definition) is 3. The Morgan fingerprint density at radius 3 is 3.18 bits per heavy atom. The molecule has 1 aliphatic rings. The van der Waals surface area contributed by atoms with E-state index >= 15 is 0 Å². The fourth-order valence-electron chi connectivity index (χ4n) is 2.49. The van der Waals surface area contributed by atoms with Gasteiger partial charge in [-0.15, -0.1) is 0 Å². The molecule has 1 atom stereocenters. The van der Waals surface area contributed by atoms with E-state index in [-0.39, 0.29) is 6.10 Å². The summed E-state index contributed by atoms with van der Waals surface area (Å²) >= 11 is 0. The molecule has 1 fully saturated rings. The molecule has 1 aromatic carbocycles. The number of hydrogen-bond donors (Lipinski definition) is 1. The van der Waals surface area contributed by atoms with Crippen molar-refractivity contribution in [2.75, 3.05) is 12.3 Å². The van der Waals surface area contributed by atoms with Crippen LogP contribution in [0.15, 0.2) is 18.2 Å². The zero-order chi connectivity index (χ0) is 11.8. The highest BCUT2D eigenvalue weighted by atomic mass is 16.5. The highest BCUT2D eigenvalue weighted by Crippen LogP contribution is 2.23. The first kappa shape index (κ1) is 10.6. The molecule has 3 rings (SSSR count). The summed E-state index contributed by atoms with van der Waals surface area (Å²) in [5.41, 5.74) is 9.28. The lowest BCUT2D eigenvalue weighted by Crippen LogP contribution is -2.16. The minimum absolute atomic E-state index is 0.287. The molecule has 0 aliphatic carbocycles. The molecule has 2 heterocycles. The van der Waals surface area contributed by atoms with Gasteiger partial charge < -0.3 is 15.0 Å². The fraction of sp³-hybridized carbons (Fsp3) is 0.462. The number of imidazole rings is 1. The molecule has 90 valence electrons. The molecule has 1 saturated heterocycles. The van der Waals surface area contributed by atoms with E-state index in [1.165, 1.54) is 5.56 Å². The SMILES string of the molecule is Cc1cccc2c1nc(N)n2CC1CCCO1. The topological polar surface area (TPSA) is 53.1 Å². The van der Waals surface area contributed by atoms with E-state index in [4.69, 9.17) is 10.5 Å². The van der Waals surface area contributed by atoms with Crippen molar-refractivity contribution in [2.24, 2.45) is 0 Å². The molecule has 1 unspecified atom stereocenters. The fourth-order valence-corrected chi connectivity index (χ4v) is 2.49. The lowest BCUT2D eigenvalue weighted by Gasteiger charge is -2.12. The van der Waals surface area contributed by atoms with Gasteiger partial charge in [0, 0.05) is 6.61 Å². The van der Waals surface area contributed by atoms with E-state index in [0.717, 1.165) is 37.0 Å². The molecule has 0 saturated carbocycles. The Morgan fingerprint density at radius 1 is 1.53 bits per heavy atom. The van der Waals surface area contributed by atoms with Gasteiger partial charge >= 0.3 is 0 Å². The Balaban J connectivity index is 2.02. The summed E-state index contributed by atoms with van der Waals surface area (Å²) in [4.78, 5) is 4.44. The van der Waals surface area contributed by atoms with Crippen LogP contribution in [0.1, 0.15) is 18.4 Å². The van der Waals surface area contributed by atoms with E-state index < -0.39 is 0 Å². The van der Waals surface area contributed by atoms with Crippen molar-refractivity contribution in [2.45, 2.75) is 32.4 Å². The molecular weight excluding hydrogens is 214 g/mol. The van der Waals surface area contributed by atoms with Gasteiger partial charge in [0.2, 0.25) is 5.95 Å². The number of benzene rings is 1. The van der Waals surface area contributed by atoms with Crippen LogP contribution in [0.5, 0.6) is 0 Å². The maximum Gasteiger partial charge on any atom is 0.201 e. The number of ether oxygens (including phenoxy) is 1. The van der Waals surface area contributed by atoms with Crippen molar-refractivity contribution < 1.29 is 4.74 Å². The largest absolute Gasteiger partial charge is 0.376 e. The lowest BCUT2D eigenvalue weighted by molar-refractivity contribution is 0.0984. The van der Waals surface area contributed by atoms with Crippen molar-refractivity contribution in [3.05, 3.63) is 23.8 Å². The van der Waals surface area contributed by atoms with E-state index in [1.807, 2.05) is 6.07 Å². The van der Waals surface area contributed by atoms with Gasteiger partial charge in [0.15, 0.2) is 0 Å². The molecule has 2 N–H and O–H groups in total. The molecule has 0 spiro atoms. The van der Waals surface area contributed by atoms with Gasteiger partial charge in [0.05, 0.1) is 23.7 Å². The number of anilines is 1. The Morgan fingerprint density at radius 2 is 2.41 bits per heavy atom. The number of aromatic nitrogens is 2. The summed E-state index contributed by atoms with van der Waals surface area (Å²) in [5, 5.41) is 0. The van der Waals surface area contributed by atoms with Crippen LogP contribution < -0.4 is 5.73 Å². The van der Waals surface area contributed by atoms with Gasteiger partial charge in [-0.3, -0.25) is 0 Å². The van der Waals surface area contributed by atoms with E-state index in [9.17, 15) is 0 Å². The molecule has 4 nitrogen and oxygen atoms in total. The molecule has 17 heavy (non-hydrogen) atoms. The van der Waals surface area contributed by atoms with Crippen LogP contribution in [0.2, 0.25) is 0 Å². The lowest BCUT2D eigenvalue weighted by atomic mass is 10.2. The van der Waals surface area contributed by atoms with E-state index in [0.29, 0.717) is 5.95 Å². The molecule has 0 radical (unpaired) electrons. The second-order valence-electron chi connectivity index (χ2n) is 4.66. The maximum atomic E-state index is 6.00. The van der Waals surface area contributed by atoms with Crippen molar-refractivity contribution >= 4 is 17.0 Å². The van der Waals surface area contributed by atoms with E-state index in [2.05, 4.69) is 28.6 Å². The zero-order valence-electron chi connectivity index (χ0n) is 10.0. The highest BCUT2D eigenvalue weighted by molar-refractivity contribution is 5.81. The molecule has 4 heteroatoms. The van der Waals surface area contributed by atoms with E-state index in [1.54, 1.807) is 0 Å². The summed E-state index contributed by atoms with van der Waals surface area (Å²) in [6.45, 7) is 3.74. The smallest absolute Gasteiger partial charge is 0.201 e. The van der Waals surface area contributed by atoms with Gasteiger partial charge in [-0.05, 0) is 31.4 Å². The normalized spacial score (nSPS) is 20.2. The predicted molar refractivity (Wildman–Crippen MR) is 67.9 cm³/mol. The number of para-hydroxylation sites is 1. The second kappa shape index (κ2) is 4.04. The Bertz CT molecular complexity index is 541. The van der Waals surface area contributed by atoms with Crippen molar-refractivity contribution in [3.63, 3.8) is 0 Å². The zero-order valence-corrected chi connectivity index (χ0v) is 10.0. The number of nitrogens with two attached hydrogens (primary N) is 1. The number of fused-ring (bicyclic) bond motifs is 1. The summed E-state index contributed by atoms with van der Waals surface area (Å²) in [5.74, 6) is 0.588. The van der Waals surface area contributed by atoms with Gasteiger partial charge in [-0.1, -0.05) is 12.1 Å². The van der Waals surface area contributed by atoms with Crippen molar-refractivity contribution in [1.82, 2.24) is 9.55 Å². The number of rotatable bonds is 2. The number of aryl methyl sites for hydroxylation is 1. The monoisotopic (exact) mass is 231 g/mol. The molecule has 0 bridgehead atoms. The molecule has 0 amide bonds. The molecule has 2 aromatic rings.